The summed E-state index contributed by atoms with van der Waals surface area (Å²) in [7, 11) is 3.67. The highest BCUT2D eigenvalue weighted by molar-refractivity contribution is 5.97. The van der Waals surface area contributed by atoms with Gasteiger partial charge in [-0.2, -0.15) is 0 Å². The molecule has 0 atom stereocenters. The van der Waals surface area contributed by atoms with Crippen molar-refractivity contribution in [2.75, 3.05) is 59.2 Å². The Morgan fingerprint density at radius 1 is 1.33 bits per heavy atom. The highest BCUT2D eigenvalue weighted by atomic mass is 16.5. The van der Waals surface area contributed by atoms with Crippen LogP contribution in [-0.2, 0) is 0 Å². The molecule has 1 aliphatic heterocycles. The number of likely N-dealkylation sites (N-methyl/N-ethyl adjacent to an activating group) is 1. The van der Waals surface area contributed by atoms with Crippen LogP contribution in [0.25, 0.3) is 0 Å². The molecule has 0 radical (unpaired) electrons. The number of nitrogens with two attached hydrogens (primary N) is 1. The molecule has 1 fully saturated rings. The zero-order valence-electron chi connectivity index (χ0n) is 12.8. The Morgan fingerprint density at radius 2 is 2.05 bits per heavy atom. The summed E-state index contributed by atoms with van der Waals surface area (Å²) >= 11 is 0. The summed E-state index contributed by atoms with van der Waals surface area (Å²) in [5.74, 6) is 0.382. The van der Waals surface area contributed by atoms with E-state index >= 15 is 0 Å². The molecule has 3 N–H and O–H groups in total. The van der Waals surface area contributed by atoms with Gasteiger partial charge in [-0.3, -0.25) is 9.69 Å². The van der Waals surface area contributed by atoms with Crippen LogP contribution in [-0.4, -0.2) is 69.1 Å². The highest BCUT2D eigenvalue weighted by Gasteiger charge is 2.15. The van der Waals surface area contributed by atoms with Gasteiger partial charge in [-0.15, -0.1) is 0 Å². The second-order valence-electron chi connectivity index (χ2n) is 5.36. The van der Waals surface area contributed by atoms with Crippen molar-refractivity contribution in [3.63, 3.8) is 0 Å². The van der Waals surface area contributed by atoms with Crippen molar-refractivity contribution in [2.24, 2.45) is 0 Å². The van der Waals surface area contributed by atoms with Crippen LogP contribution in [0.1, 0.15) is 10.4 Å². The minimum atomic E-state index is -0.124. The van der Waals surface area contributed by atoms with Crippen molar-refractivity contribution in [1.82, 2.24) is 15.1 Å². The molecule has 0 aromatic heterocycles. The van der Waals surface area contributed by atoms with Crippen LogP contribution in [0.2, 0.25) is 0 Å². The molecule has 2 rings (SSSR count). The number of piperazine rings is 1. The Bertz CT molecular complexity index is 485. The molecule has 0 unspecified atom stereocenters. The number of hydrogen-bond donors (Lipinski definition) is 2. The average molecular weight is 292 g/mol. The van der Waals surface area contributed by atoms with Gasteiger partial charge >= 0.3 is 0 Å². The number of amides is 1. The summed E-state index contributed by atoms with van der Waals surface area (Å²) in [6, 6.07) is 5.06. The molecule has 0 aliphatic carbocycles. The molecule has 1 aromatic carbocycles. The third-order valence-electron chi connectivity index (χ3n) is 3.78. The van der Waals surface area contributed by atoms with Crippen molar-refractivity contribution in [3.05, 3.63) is 23.8 Å². The lowest BCUT2D eigenvalue weighted by molar-refractivity contribution is 0.0938. The SMILES string of the molecule is COc1cc(N)ccc1C(=O)NCCN1CCN(C)CC1. The lowest BCUT2D eigenvalue weighted by Gasteiger charge is -2.32. The average Bonchev–Trinajstić information content (AvgIpc) is 2.49. The number of ether oxygens (including phenoxy) is 1. The Morgan fingerprint density at radius 3 is 2.71 bits per heavy atom. The second kappa shape index (κ2) is 7.28. The molecule has 1 aliphatic rings. The van der Waals surface area contributed by atoms with Crippen LogP contribution in [0, 0.1) is 0 Å². The molecule has 0 spiro atoms. The number of anilines is 1. The number of benzene rings is 1. The highest BCUT2D eigenvalue weighted by Crippen LogP contribution is 2.21. The molecule has 116 valence electrons. The number of methoxy groups -OCH3 is 1. The normalized spacial score (nSPS) is 16.7. The minimum Gasteiger partial charge on any atom is -0.496 e. The van der Waals surface area contributed by atoms with Gasteiger partial charge in [-0.25, -0.2) is 0 Å². The molecule has 1 saturated heterocycles. The van der Waals surface area contributed by atoms with Crippen molar-refractivity contribution in [3.8, 4) is 5.75 Å². The quantitative estimate of drug-likeness (QED) is 0.762. The van der Waals surface area contributed by atoms with E-state index in [-0.39, 0.29) is 5.91 Å². The van der Waals surface area contributed by atoms with Crippen molar-refractivity contribution in [1.29, 1.82) is 0 Å². The van der Waals surface area contributed by atoms with Crippen LogP contribution >= 0.6 is 0 Å². The molecular formula is C15H24N4O2. The van der Waals surface area contributed by atoms with E-state index in [4.69, 9.17) is 10.5 Å². The molecular weight excluding hydrogens is 268 g/mol. The van der Waals surface area contributed by atoms with E-state index in [9.17, 15) is 4.79 Å². The number of carbonyl (C=O) groups is 1. The maximum Gasteiger partial charge on any atom is 0.255 e. The fourth-order valence-corrected chi connectivity index (χ4v) is 2.39. The van der Waals surface area contributed by atoms with Gasteiger partial charge in [0.15, 0.2) is 0 Å². The fraction of sp³-hybridized carbons (Fsp3) is 0.533. The third-order valence-corrected chi connectivity index (χ3v) is 3.78. The number of rotatable bonds is 5. The van der Waals surface area contributed by atoms with Gasteiger partial charge in [0.1, 0.15) is 5.75 Å². The fourth-order valence-electron chi connectivity index (χ4n) is 2.39. The van der Waals surface area contributed by atoms with E-state index in [0.717, 1.165) is 32.7 Å². The Labute approximate surface area is 125 Å². The van der Waals surface area contributed by atoms with Crippen LogP contribution in [0.3, 0.4) is 0 Å². The van der Waals surface area contributed by atoms with Crippen LogP contribution in [0.4, 0.5) is 5.69 Å². The van der Waals surface area contributed by atoms with Crippen LogP contribution in [0.5, 0.6) is 5.75 Å². The molecule has 21 heavy (non-hydrogen) atoms. The number of hydrogen-bond acceptors (Lipinski definition) is 5. The zero-order valence-corrected chi connectivity index (χ0v) is 12.8. The minimum absolute atomic E-state index is 0.124. The van der Waals surface area contributed by atoms with E-state index in [0.29, 0.717) is 23.5 Å². The molecule has 6 nitrogen and oxygen atoms in total. The van der Waals surface area contributed by atoms with Crippen molar-refractivity contribution in [2.45, 2.75) is 0 Å². The molecule has 0 saturated carbocycles. The topological polar surface area (TPSA) is 70.8 Å². The van der Waals surface area contributed by atoms with Crippen LogP contribution < -0.4 is 15.8 Å². The molecule has 1 heterocycles. The summed E-state index contributed by atoms with van der Waals surface area (Å²) < 4.78 is 5.20. The Hall–Kier alpha value is -1.79. The van der Waals surface area contributed by atoms with Gasteiger partial charge in [0.25, 0.3) is 5.91 Å². The van der Waals surface area contributed by atoms with E-state index in [2.05, 4.69) is 22.2 Å². The number of nitrogens with zero attached hydrogens (tertiary/aromatic N) is 2. The molecule has 0 bridgehead atoms. The summed E-state index contributed by atoms with van der Waals surface area (Å²) in [4.78, 5) is 16.8. The lowest BCUT2D eigenvalue weighted by atomic mass is 10.1. The van der Waals surface area contributed by atoms with Crippen LogP contribution in [0.15, 0.2) is 18.2 Å². The van der Waals surface area contributed by atoms with Gasteiger partial charge < -0.3 is 20.7 Å². The van der Waals surface area contributed by atoms with Crippen molar-refractivity contribution >= 4 is 11.6 Å². The van der Waals surface area contributed by atoms with Gasteiger partial charge in [0.05, 0.1) is 12.7 Å². The number of carbonyl (C=O) groups excluding carboxylic acids is 1. The standard InChI is InChI=1S/C15H24N4O2/c1-18-7-9-19(10-8-18)6-5-17-15(20)13-4-3-12(16)11-14(13)21-2/h3-4,11H,5-10,16H2,1-2H3,(H,17,20). The van der Waals surface area contributed by atoms with E-state index in [1.54, 1.807) is 18.2 Å². The first kappa shape index (κ1) is 15.6. The predicted molar refractivity (Wildman–Crippen MR) is 83.7 cm³/mol. The molecule has 1 amide bonds. The summed E-state index contributed by atoms with van der Waals surface area (Å²) in [6.07, 6.45) is 0. The zero-order chi connectivity index (χ0) is 15.2. The predicted octanol–water partition coefficient (Wildman–Crippen LogP) is 0.255. The first-order valence-electron chi connectivity index (χ1n) is 7.23. The summed E-state index contributed by atoms with van der Waals surface area (Å²) in [6.45, 7) is 5.78. The van der Waals surface area contributed by atoms with Gasteiger partial charge in [-0.1, -0.05) is 0 Å². The Balaban J connectivity index is 1.82. The lowest BCUT2D eigenvalue weighted by Crippen LogP contribution is -2.46. The van der Waals surface area contributed by atoms with Crippen molar-refractivity contribution < 1.29 is 9.53 Å². The van der Waals surface area contributed by atoms with Gasteiger partial charge in [-0.05, 0) is 19.2 Å². The van der Waals surface area contributed by atoms with Gasteiger partial charge in [0.2, 0.25) is 0 Å². The smallest absolute Gasteiger partial charge is 0.255 e. The van der Waals surface area contributed by atoms with E-state index in [1.165, 1.54) is 7.11 Å². The number of nitrogen functional groups attached to an aromatic ring is 1. The molecule has 6 heteroatoms. The van der Waals surface area contributed by atoms with Gasteiger partial charge in [0, 0.05) is 51.0 Å². The first-order valence-corrected chi connectivity index (χ1v) is 7.23. The van der Waals surface area contributed by atoms with E-state index in [1.807, 2.05) is 0 Å². The monoisotopic (exact) mass is 292 g/mol. The first-order chi connectivity index (χ1) is 10.1. The third kappa shape index (κ3) is 4.34. The maximum absolute atomic E-state index is 12.2. The second-order valence-corrected chi connectivity index (χ2v) is 5.36. The largest absolute Gasteiger partial charge is 0.496 e. The maximum atomic E-state index is 12.2. The van der Waals surface area contributed by atoms with E-state index < -0.39 is 0 Å². The Kier molecular flexibility index (Phi) is 5.41. The summed E-state index contributed by atoms with van der Waals surface area (Å²) in [5, 5.41) is 2.94. The molecule has 1 aromatic rings. The number of nitrogens with one attached hydrogen (secondary N) is 1. The summed E-state index contributed by atoms with van der Waals surface area (Å²) in [5.41, 5.74) is 6.79.